The third kappa shape index (κ3) is 6.83. The van der Waals surface area contributed by atoms with Gasteiger partial charge in [-0.3, -0.25) is 30.6 Å². The third-order valence-electron chi connectivity index (χ3n) is 3.09. The van der Waals surface area contributed by atoms with E-state index in [1.54, 1.807) is 24.3 Å². The lowest BCUT2D eigenvalue weighted by Crippen LogP contribution is -2.43. The maximum absolute atomic E-state index is 11.7. The van der Waals surface area contributed by atoms with Crippen molar-refractivity contribution in [3.05, 3.63) is 73.2 Å². The van der Waals surface area contributed by atoms with Crippen molar-refractivity contribution in [1.29, 1.82) is 0 Å². The zero-order valence-electron chi connectivity index (χ0n) is 13.6. The van der Waals surface area contributed by atoms with Gasteiger partial charge < -0.3 is 4.74 Å². The number of nitrogens with zero attached hydrogens (tertiary/aromatic N) is 1. The van der Waals surface area contributed by atoms with Crippen molar-refractivity contribution in [1.82, 2.24) is 10.9 Å². The molecule has 2 rings (SSSR count). The summed E-state index contributed by atoms with van der Waals surface area (Å²) < 4.78 is 6.87. The van der Waals surface area contributed by atoms with Crippen molar-refractivity contribution >= 4 is 55.4 Å². The molecule has 0 bridgehead atoms. The molecule has 0 radical (unpaired) electrons. The summed E-state index contributed by atoms with van der Waals surface area (Å²) >= 11 is 6.62. The molecule has 0 unspecified atom stereocenters. The Labute approximate surface area is 171 Å². The first kappa shape index (κ1) is 20.6. The van der Waals surface area contributed by atoms with Gasteiger partial charge in [0.1, 0.15) is 5.75 Å². The van der Waals surface area contributed by atoms with Crippen LogP contribution in [0.4, 0.5) is 5.69 Å². The van der Waals surface area contributed by atoms with E-state index in [4.69, 9.17) is 4.74 Å². The summed E-state index contributed by atoms with van der Waals surface area (Å²) in [4.78, 5) is 33.6. The standard InChI is InChI=1S/C17H13Br2N3O5/c18-12-5-6-15(14(19)9-12)27-10-17(24)21-20-16(23)7-4-11-2-1-3-13(8-11)22(25)26/h1-9H,10H2,(H,20,23)(H,21,24)/b7-4+. The first-order valence-corrected chi connectivity index (χ1v) is 9.03. The molecule has 0 saturated carbocycles. The average molecular weight is 499 g/mol. The van der Waals surface area contributed by atoms with Crippen molar-refractivity contribution in [2.45, 2.75) is 0 Å². The number of hydrazine groups is 1. The van der Waals surface area contributed by atoms with Gasteiger partial charge in [0.15, 0.2) is 6.61 Å². The quantitative estimate of drug-likeness (QED) is 0.360. The van der Waals surface area contributed by atoms with Crippen LogP contribution in [0.5, 0.6) is 5.75 Å². The number of hydrogen-bond acceptors (Lipinski definition) is 5. The van der Waals surface area contributed by atoms with Crippen molar-refractivity contribution in [2.24, 2.45) is 0 Å². The molecule has 2 N–H and O–H groups in total. The van der Waals surface area contributed by atoms with Gasteiger partial charge >= 0.3 is 0 Å². The van der Waals surface area contributed by atoms with E-state index in [0.717, 1.165) is 10.5 Å². The molecule has 0 aromatic heterocycles. The Kier molecular flexibility index (Phi) is 7.50. The van der Waals surface area contributed by atoms with Gasteiger partial charge in [-0.1, -0.05) is 28.1 Å². The fourth-order valence-electron chi connectivity index (χ4n) is 1.86. The first-order chi connectivity index (χ1) is 12.8. The lowest BCUT2D eigenvalue weighted by Gasteiger charge is -2.09. The number of nitro groups is 1. The van der Waals surface area contributed by atoms with Crippen LogP contribution < -0.4 is 15.6 Å². The van der Waals surface area contributed by atoms with Crippen molar-refractivity contribution in [3.63, 3.8) is 0 Å². The third-order valence-corrected chi connectivity index (χ3v) is 4.20. The van der Waals surface area contributed by atoms with Crippen LogP contribution in [-0.4, -0.2) is 23.3 Å². The number of carbonyl (C=O) groups is 2. The number of hydrogen-bond donors (Lipinski definition) is 2. The van der Waals surface area contributed by atoms with Crippen LogP contribution in [0.3, 0.4) is 0 Å². The molecule has 140 valence electrons. The minimum Gasteiger partial charge on any atom is -0.483 e. The zero-order chi connectivity index (χ0) is 19.8. The molecular formula is C17H13Br2N3O5. The highest BCUT2D eigenvalue weighted by atomic mass is 79.9. The second kappa shape index (κ2) is 9.83. The molecule has 0 saturated heterocycles. The molecule has 27 heavy (non-hydrogen) atoms. The highest BCUT2D eigenvalue weighted by Crippen LogP contribution is 2.28. The van der Waals surface area contributed by atoms with Crippen LogP contribution in [-0.2, 0) is 9.59 Å². The lowest BCUT2D eigenvalue weighted by molar-refractivity contribution is -0.384. The Bertz CT molecular complexity index is 902. The largest absolute Gasteiger partial charge is 0.483 e. The second-order valence-corrected chi connectivity index (χ2v) is 6.86. The molecule has 8 nitrogen and oxygen atoms in total. The van der Waals surface area contributed by atoms with E-state index in [1.807, 2.05) is 0 Å². The highest BCUT2D eigenvalue weighted by Gasteiger charge is 2.07. The number of non-ortho nitro benzene ring substituents is 1. The van der Waals surface area contributed by atoms with Crippen molar-refractivity contribution in [3.8, 4) is 5.75 Å². The summed E-state index contributed by atoms with van der Waals surface area (Å²) in [6, 6.07) is 11.0. The number of nitro benzene ring substituents is 1. The van der Waals surface area contributed by atoms with Gasteiger partial charge in [0.05, 0.1) is 9.40 Å². The smallest absolute Gasteiger partial charge is 0.276 e. The van der Waals surface area contributed by atoms with Crippen LogP contribution >= 0.6 is 31.9 Å². The topological polar surface area (TPSA) is 111 Å². The number of benzene rings is 2. The monoisotopic (exact) mass is 497 g/mol. The van der Waals surface area contributed by atoms with E-state index in [1.165, 1.54) is 24.3 Å². The molecule has 0 aliphatic heterocycles. The van der Waals surface area contributed by atoms with Gasteiger partial charge in [-0.15, -0.1) is 0 Å². The van der Waals surface area contributed by atoms with E-state index in [-0.39, 0.29) is 12.3 Å². The second-order valence-electron chi connectivity index (χ2n) is 5.09. The summed E-state index contributed by atoms with van der Waals surface area (Å²) in [7, 11) is 0. The van der Waals surface area contributed by atoms with Gasteiger partial charge in [-0.2, -0.15) is 0 Å². The highest BCUT2D eigenvalue weighted by molar-refractivity contribution is 9.11. The van der Waals surface area contributed by atoms with E-state index < -0.39 is 16.7 Å². The summed E-state index contributed by atoms with van der Waals surface area (Å²) in [5.74, 6) is -0.674. The van der Waals surface area contributed by atoms with E-state index >= 15 is 0 Å². The molecule has 2 amide bonds. The number of carbonyl (C=O) groups excluding carboxylic acids is 2. The predicted octanol–water partition coefficient (Wildman–Crippen LogP) is 3.36. The number of halogens is 2. The molecule has 10 heteroatoms. The Morgan fingerprint density at radius 3 is 2.63 bits per heavy atom. The summed E-state index contributed by atoms with van der Waals surface area (Å²) in [5.41, 5.74) is 4.79. The Morgan fingerprint density at radius 1 is 1.15 bits per heavy atom. The van der Waals surface area contributed by atoms with Crippen LogP contribution in [0.2, 0.25) is 0 Å². The summed E-state index contributed by atoms with van der Waals surface area (Å²) in [6.45, 7) is -0.297. The van der Waals surface area contributed by atoms with Gasteiger partial charge in [-0.25, -0.2) is 0 Å². The number of nitrogens with one attached hydrogen (secondary N) is 2. The fourth-order valence-corrected chi connectivity index (χ4v) is 3.02. The van der Waals surface area contributed by atoms with Gasteiger partial charge in [0.2, 0.25) is 0 Å². The predicted molar refractivity (Wildman–Crippen MR) is 106 cm³/mol. The lowest BCUT2D eigenvalue weighted by atomic mass is 10.2. The molecule has 0 aliphatic carbocycles. The average Bonchev–Trinajstić information content (AvgIpc) is 2.64. The van der Waals surface area contributed by atoms with Crippen LogP contribution in [0.15, 0.2) is 57.5 Å². The number of rotatable bonds is 6. The fraction of sp³-hybridized carbons (Fsp3) is 0.0588. The number of ether oxygens (including phenoxy) is 1. The SMILES string of the molecule is O=C(/C=C/c1cccc([N+](=O)[O-])c1)NNC(=O)COc1ccc(Br)cc1Br. The van der Waals surface area contributed by atoms with E-state index in [9.17, 15) is 19.7 Å². The molecular weight excluding hydrogens is 486 g/mol. The Balaban J connectivity index is 1.80. The summed E-state index contributed by atoms with van der Waals surface area (Å²) in [5, 5.41) is 10.7. The van der Waals surface area contributed by atoms with Crippen LogP contribution in [0.25, 0.3) is 6.08 Å². The van der Waals surface area contributed by atoms with Crippen molar-refractivity contribution in [2.75, 3.05) is 6.61 Å². The van der Waals surface area contributed by atoms with Gasteiger partial charge in [0, 0.05) is 22.7 Å². The number of amides is 2. The summed E-state index contributed by atoms with van der Waals surface area (Å²) in [6.07, 6.45) is 2.54. The van der Waals surface area contributed by atoms with Crippen LogP contribution in [0, 0.1) is 10.1 Å². The first-order valence-electron chi connectivity index (χ1n) is 7.44. The molecule has 2 aromatic carbocycles. The van der Waals surface area contributed by atoms with Crippen LogP contribution in [0.1, 0.15) is 5.56 Å². The molecule has 0 aliphatic rings. The zero-order valence-corrected chi connectivity index (χ0v) is 16.8. The van der Waals surface area contributed by atoms with E-state index in [0.29, 0.717) is 15.8 Å². The van der Waals surface area contributed by atoms with Crippen molar-refractivity contribution < 1.29 is 19.2 Å². The molecule has 0 spiro atoms. The molecule has 2 aromatic rings. The molecule has 0 atom stereocenters. The minimum atomic E-state index is -0.598. The Morgan fingerprint density at radius 2 is 1.93 bits per heavy atom. The Hall–Kier alpha value is -2.72. The van der Waals surface area contributed by atoms with E-state index in [2.05, 4.69) is 42.7 Å². The maximum Gasteiger partial charge on any atom is 0.276 e. The van der Waals surface area contributed by atoms with Gasteiger partial charge in [0.25, 0.3) is 17.5 Å². The normalized spacial score (nSPS) is 10.4. The molecule has 0 heterocycles. The maximum atomic E-state index is 11.7. The molecule has 0 fully saturated rings. The van der Waals surface area contributed by atoms with Gasteiger partial charge in [-0.05, 0) is 45.8 Å². The minimum absolute atomic E-state index is 0.0814.